The van der Waals surface area contributed by atoms with Gasteiger partial charge >= 0.3 is 0 Å². The molecule has 0 aromatic heterocycles. The van der Waals surface area contributed by atoms with E-state index in [1.54, 1.807) is 25.0 Å². The Balaban J connectivity index is 1.70. The summed E-state index contributed by atoms with van der Waals surface area (Å²) in [5.41, 5.74) is 3.56. The zero-order valence-corrected chi connectivity index (χ0v) is 14.3. The van der Waals surface area contributed by atoms with E-state index in [4.69, 9.17) is 4.74 Å². The number of hydrogen-bond donors (Lipinski definition) is 1. The lowest BCUT2D eigenvalue weighted by molar-refractivity contribution is -0.116. The van der Waals surface area contributed by atoms with Crippen LogP contribution in [0.1, 0.15) is 18.1 Å². The summed E-state index contributed by atoms with van der Waals surface area (Å²) >= 11 is 0. The number of methoxy groups -OCH3 is 1. The van der Waals surface area contributed by atoms with Crippen LogP contribution < -0.4 is 15.0 Å². The zero-order chi connectivity index (χ0) is 17.8. The smallest absolute Gasteiger partial charge is 0.248 e. The van der Waals surface area contributed by atoms with Crippen LogP contribution in [0.3, 0.4) is 0 Å². The normalized spacial score (nSPS) is 13.0. The molecule has 2 amide bonds. The number of rotatable bonds is 4. The molecule has 5 nitrogen and oxygen atoms in total. The molecule has 1 heterocycles. The largest absolute Gasteiger partial charge is 0.496 e. The van der Waals surface area contributed by atoms with Gasteiger partial charge < -0.3 is 15.0 Å². The first kappa shape index (κ1) is 16.8. The highest BCUT2D eigenvalue weighted by molar-refractivity contribution is 6.02. The van der Waals surface area contributed by atoms with E-state index in [2.05, 4.69) is 5.32 Å². The average molecular weight is 336 g/mol. The maximum absolute atomic E-state index is 12.2. The van der Waals surface area contributed by atoms with E-state index in [1.165, 1.54) is 6.08 Å². The molecule has 1 aliphatic heterocycles. The van der Waals surface area contributed by atoms with Crippen LogP contribution in [0, 0.1) is 0 Å². The molecule has 3 rings (SSSR count). The maximum atomic E-state index is 12.2. The second kappa shape index (κ2) is 7.21. The first-order chi connectivity index (χ1) is 12.1. The minimum atomic E-state index is -0.215. The van der Waals surface area contributed by atoms with Crippen LogP contribution in [0.2, 0.25) is 0 Å². The van der Waals surface area contributed by atoms with Crippen molar-refractivity contribution in [1.29, 1.82) is 0 Å². The molecule has 128 valence electrons. The van der Waals surface area contributed by atoms with Gasteiger partial charge in [-0.25, -0.2) is 0 Å². The molecule has 2 aromatic rings. The molecule has 0 radical (unpaired) electrons. The highest BCUT2D eigenvalue weighted by Crippen LogP contribution is 2.30. The number of para-hydroxylation sites is 1. The van der Waals surface area contributed by atoms with Crippen molar-refractivity contribution >= 4 is 29.3 Å². The second-order valence-corrected chi connectivity index (χ2v) is 5.83. The van der Waals surface area contributed by atoms with Gasteiger partial charge in [0.25, 0.3) is 0 Å². The van der Waals surface area contributed by atoms with Crippen molar-refractivity contribution in [2.24, 2.45) is 0 Å². The molecule has 0 fully saturated rings. The van der Waals surface area contributed by atoms with E-state index in [9.17, 15) is 9.59 Å². The van der Waals surface area contributed by atoms with Gasteiger partial charge in [-0.1, -0.05) is 18.2 Å². The number of carbonyl (C=O) groups excluding carboxylic acids is 2. The SMILES string of the molecule is COc1ccccc1/C=C/C(=O)Nc1ccc2c(c1)CCN2C(C)=O. The van der Waals surface area contributed by atoms with Crippen molar-refractivity contribution in [1.82, 2.24) is 0 Å². The van der Waals surface area contributed by atoms with E-state index in [1.807, 2.05) is 42.5 Å². The van der Waals surface area contributed by atoms with Crippen molar-refractivity contribution in [3.63, 3.8) is 0 Å². The van der Waals surface area contributed by atoms with Gasteiger partial charge in [-0.2, -0.15) is 0 Å². The number of fused-ring (bicyclic) bond motifs is 1. The van der Waals surface area contributed by atoms with E-state index >= 15 is 0 Å². The van der Waals surface area contributed by atoms with E-state index < -0.39 is 0 Å². The van der Waals surface area contributed by atoms with Crippen molar-refractivity contribution in [3.05, 3.63) is 59.7 Å². The van der Waals surface area contributed by atoms with E-state index in [-0.39, 0.29) is 11.8 Å². The lowest BCUT2D eigenvalue weighted by Gasteiger charge is -2.14. The first-order valence-electron chi connectivity index (χ1n) is 8.11. The van der Waals surface area contributed by atoms with Gasteiger partial charge in [0.05, 0.1) is 7.11 Å². The third kappa shape index (κ3) is 3.71. The van der Waals surface area contributed by atoms with Crippen LogP contribution in [0.25, 0.3) is 6.08 Å². The van der Waals surface area contributed by atoms with Gasteiger partial charge in [0.1, 0.15) is 5.75 Å². The molecule has 1 aliphatic rings. The Kier molecular flexibility index (Phi) is 4.84. The molecule has 0 saturated carbocycles. The number of amides is 2. The van der Waals surface area contributed by atoms with Crippen LogP contribution in [0.15, 0.2) is 48.5 Å². The van der Waals surface area contributed by atoms with Crippen LogP contribution in [-0.2, 0) is 16.0 Å². The molecule has 1 N–H and O–H groups in total. The van der Waals surface area contributed by atoms with Gasteiger partial charge in [0.2, 0.25) is 11.8 Å². The maximum Gasteiger partial charge on any atom is 0.248 e. The molecular formula is C20H20N2O3. The summed E-state index contributed by atoms with van der Waals surface area (Å²) in [5.74, 6) is 0.538. The number of hydrogen-bond acceptors (Lipinski definition) is 3. The summed E-state index contributed by atoms with van der Waals surface area (Å²) in [4.78, 5) is 25.5. The highest BCUT2D eigenvalue weighted by Gasteiger charge is 2.22. The third-order valence-corrected chi connectivity index (χ3v) is 4.18. The fraction of sp³-hybridized carbons (Fsp3) is 0.200. The number of anilines is 2. The number of ether oxygens (including phenoxy) is 1. The molecule has 0 unspecified atom stereocenters. The standard InChI is InChI=1S/C20H20N2O3/c1-14(23)22-12-11-16-13-17(8-9-18(16)22)21-20(24)10-7-15-5-3-4-6-19(15)25-2/h3-10,13H,11-12H2,1-2H3,(H,21,24)/b10-7+. The monoisotopic (exact) mass is 336 g/mol. The highest BCUT2D eigenvalue weighted by atomic mass is 16.5. The summed E-state index contributed by atoms with van der Waals surface area (Å²) in [6.45, 7) is 2.25. The minimum Gasteiger partial charge on any atom is -0.496 e. The quantitative estimate of drug-likeness (QED) is 0.872. The van der Waals surface area contributed by atoms with E-state index in [0.717, 1.165) is 28.9 Å². The predicted octanol–water partition coefficient (Wildman–Crippen LogP) is 3.26. The number of nitrogens with one attached hydrogen (secondary N) is 1. The minimum absolute atomic E-state index is 0.0373. The summed E-state index contributed by atoms with van der Waals surface area (Å²) in [6.07, 6.45) is 4.00. The number of carbonyl (C=O) groups is 2. The summed E-state index contributed by atoms with van der Waals surface area (Å²) in [7, 11) is 1.60. The topological polar surface area (TPSA) is 58.6 Å². The van der Waals surface area contributed by atoms with Crippen molar-refractivity contribution in [2.45, 2.75) is 13.3 Å². The Labute approximate surface area is 146 Å². The zero-order valence-electron chi connectivity index (χ0n) is 14.3. The van der Waals surface area contributed by atoms with Gasteiger partial charge in [-0.3, -0.25) is 9.59 Å². The molecule has 0 spiro atoms. The fourth-order valence-electron chi connectivity index (χ4n) is 2.96. The fourth-order valence-corrected chi connectivity index (χ4v) is 2.96. The van der Waals surface area contributed by atoms with Gasteiger partial charge in [-0.05, 0) is 42.3 Å². The Morgan fingerprint density at radius 3 is 2.76 bits per heavy atom. The van der Waals surface area contributed by atoms with E-state index in [0.29, 0.717) is 12.3 Å². The second-order valence-electron chi connectivity index (χ2n) is 5.83. The molecule has 5 heteroatoms. The Morgan fingerprint density at radius 2 is 2.00 bits per heavy atom. The van der Waals surface area contributed by atoms with Gasteiger partial charge in [0.15, 0.2) is 0 Å². The Morgan fingerprint density at radius 1 is 1.20 bits per heavy atom. The molecule has 0 saturated heterocycles. The molecule has 0 aliphatic carbocycles. The lowest BCUT2D eigenvalue weighted by Crippen LogP contribution is -2.25. The summed E-state index contributed by atoms with van der Waals surface area (Å²) in [5, 5.41) is 2.85. The molecule has 0 bridgehead atoms. The van der Waals surface area contributed by atoms with Crippen molar-refractivity contribution < 1.29 is 14.3 Å². The molecule has 2 aromatic carbocycles. The Bertz CT molecular complexity index is 843. The first-order valence-corrected chi connectivity index (χ1v) is 8.11. The number of benzene rings is 2. The lowest BCUT2D eigenvalue weighted by atomic mass is 10.1. The molecule has 0 atom stereocenters. The molecular weight excluding hydrogens is 316 g/mol. The average Bonchev–Trinajstić information content (AvgIpc) is 3.03. The predicted molar refractivity (Wildman–Crippen MR) is 98.8 cm³/mol. The van der Waals surface area contributed by atoms with Gasteiger partial charge in [0, 0.05) is 36.5 Å². The van der Waals surface area contributed by atoms with Crippen molar-refractivity contribution in [3.8, 4) is 5.75 Å². The van der Waals surface area contributed by atoms with Crippen LogP contribution in [-0.4, -0.2) is 25.5 Å². The van der Waals surface area contributed by atoms with Crippen molar-refractivity contribution in [2.75, 3.05) is 23.9 Å². The Hall–Kier alpha value is -3.08. The summed E-state index contributed by atoms with van der Waals surface area (Å²) in [6, 6.07) is 13.1. The van der Waals surface area contributed by atoms with Gasteiger partial charge in [-0.15, -0.1) is 0 Å². The van der Waals surface area contributed by atoms with Crippen LogP contribution in [0.4, 0.5) is 11.4 Å². The van der Waals surface area contributed by atoms with Crippen LogP contribution >= 0.6 is 0 Å². The van der Waals surface area contributed by atoms with Crippen LogP contribution in [0.5, 0.6) is 5.75 Å². The summed E-state index contributed by atoms with van der Waals surface area (Å²) < 4.78 is 5.26. The third-order valence-electron chi connectivity index (χ3n) is 4.18. The molecule has 25 heavy (non-hydrogen) atoms. The number of nitrogens with zero attached hydrogens (tertiary/aromatic N) is 1.